The SMILES string of the molecule is CC/C=C\C/C=C\C/C=C\C/C=C\C/C=C\CCCCCCCCCCCC(=O)OC(COC(=O)CCCCCCCCCCCCCCCCCCCCC)COP(=O)(O)OCC[N+](C)(C)C. The predicted molar refractivity (Wildman–Crippen MR) is 289 cm³/mol. The van der Waals surface area contributed by atoms with Crippen LogP contribution in [-0.2, 0) is 32.7 Å². The number of quaternary nitrogens is 1. The summed E-state index contributed by atoms with van der Waals surface area (Å²) in [7, 11) is 1.47. The zero-order valence-corrected chi connectivity index (χ0v) is 45.7. The average molecular weight is 977 g/mol. The molecule has 0 saturated carbocycles. The maximum atomic E-state index is 12.8. The maximum Gasteiger partial charge on any atom is 0.472 e. The lowest BCUT2D eigenvalue weighted by molar-refractivity contribution is -0.870. The van der Waals surface area contributed by atoms with E-state index >= 15 is 0 Å². The van der Waals surface area contributed by atoms with E-state index in [0.29, 0.717) is 17.4 Å². The molecule has 9 nitrogen and oxygen atoms in total. The van der Waals surface area contributed by atoms with Crippen LogP contribution in [0.25, 0.3) is 0 Å². The highest BCUT2D eigenvalue weighted by Gasteiger charge is 2.27. The number of hydrogen-bond acceptors (Lipinski definition) is 7. The summed E-state index contributed by atoms with van der Waals surface area (Å²) in [6.07, 6.45) is 62.8. The zero-order chi connectivity index (χ0) is 49.9. The molecule has 396 valence electrons. The van der Waals surface area contributed by atoms with E-state index in [-0.39, 0.29) is 32.0 Å². The van der Waals surface area contributed by atoms with Crippen molar-refractivity contribution in [3.8, 4) is 0 Å². The van der Waals surface area contributed by atoms with Crippen molar-refractivity contribution in [3.63, 3.8) is 0 Å². The highest BCUT2D eigenvalue weighted by atomic mass is 31.2. The van der Waals surface area contributed by atoms with Crippen LogP contribution in [0.4, 0.5) is 0 Å². The molecule has 0 amide bonds. The van der Waals surface area contributed by atoms with E-state index in [4.69, 9.17) is 18.5 Å². The van der Waals surface area contributed by atoms with Crippen molar-refractivity contribution < 1.29 is 42.1 Å². The minimum Gasteiger partial charge on any atom is -0.462 e. The van der Waals surface area contributed by atoms with Gasteiger partial charge in [-0.15, -0.1) is 0 Å². The molecule has 0 aromatic rings. The molecule has 0 heterocycles. The number of nitrogens with zero attached hydrogens (tertiary/aromatic N) is 1. The Morgan fingerprint density at radius 1 is 0.471 bits per heavy atom. The number of carbonyl (C=O) groups is 2. The molecular weight excluding hydrogens is 870 g/mol. The van der Waals surface area contributed by atoms with Crippen molar-refractivity contribution in [2.75, 3.05) is 47.5 Å². The van der Waals surface area contributed by atoms with Crippen molar-refractivity contribution in [2.24, 2.45) is 0 Å². The lowest BCUT2D eigenvalue weighted by atomic mass is 10.0. The summed E-state index contributed by atoms with van der Waals surface area (Å²) in [5.74, 6) is -0.797. The van der Waals surface area contributed by atoms with Gasteiger partial charge in [0, 0.05) is 12.8 Å². The summed E-state index contributed by atoms with van der Waals surface area (Å²) >= 11 is 0. The first-order chi connectivity index (χ1) is 33.0. The lowest BCUT2D eigenvalue weighted by Gasteiger charge is -2.24. The molecule has 2 unspecified atom stereocenters. The van der Waals surface area contributed by atoms with Gasteiger partial charge in [0.05, 0.1) is 27.7 Å². The number of phosphoric acid groups is 1. The van der Waals surface area contributed by atoms with Crippen LogP contribution < -0.4 is 0 Å². The predicted octanol–water partition coefficient (Wildman–Crippen LogP) is 17.1. The van der Waals surface area contributed by atoms with E-state index in [9.17, 15) is 19.0 Å². The van der Waals surface area contributed by atoms with E-state index < -0.39 is 26.5 Å². The minimum absolute atomic E-state index is 0.0297. The Morgan fingerprint density at radius 2 is 0.838 bits per heavy atom. The van der Waals surface area contributed by atoms with Gasteiger partial charge < -0.3 is 18.9 Å². The Bertz CT molecular complexity index is 1340. The van der Waals surface area contributed by atoms with Crippen molar-refractivity contribution >= 4 is 19.8 Å². The maximum absolute atomic E-state index is 12.8. The second-order valence-electron chi connectivity index (χ2n) is 19.9. The zero-order valence-electron chi connectivity index (χ0n) is 44.8. The number of ether oxygens (including phenoxy) is 2. The first kappa shape index (κ1) is 65.7. The number of allylic oxidation sites excluding steroid dienone is 10. The highest BCUT2D eigenvalue weighted by Crippen LogP contribution is 2.43. The van der Waals surface area contributed by atoms with Gasteiger partial charge in [-0.1, -0.05) is 235 Å². The monoisotopic (exact) mass is 977 g/mol. The number of esters is 2. The van der Waals surface area contributed by atoms with Crippen LogP contribution in [0.2, 0.25) is 0 Å². The molecule has 0 fully saturated rings. The highest BCUT2D eigenvalue weighted by molar-refractivity contribution is 7.47. The molecular formula is C58H107NO8P+. The standard InChI is InChI=1S/C58H106NO8P/c1-6-8-10-12-14-16-18-20-22-24-26-27-28-29-30-31-33-35-37-39-41-43-45-47-49-51-58(61)67-56(55-66-68(62,63)65-53-52-59(3,4)5)54-64-57(60)50-48-46-44-42-40-38-36-34-32-25-23-21-19-17-15-13-11-9-7-2/h8,10,14,16,20,22,26-27,29-30,56H,6-7,9,11-13,15,17-19,21,23-25,28,31-55H2,1-5H3/p+1/b10-8-,16-14-,22-20-,27-26-,30-29-. The molecule has 0 spiro atoms. The van der Waals surface area contributed by atoms with Crippen LogP contribution >= 0.6 is 7.82 Å². The quantitative estimate of drug-likeness (QED) is 0.0211. The fraction of sp³-hybridized carbons (Fsp3) is 0.793. The molecule has 0 aliphatic rings. The van der Waals surface area contributed by atoms with Crippen LogP contribution in [-0.4, -0.2) is 74.9 Å². The van der Waals surface area contributed by atoms with Gasteiger partial charge in [-0.25, -0.2) is 4.57 Å². The van der Waals surface area contributed by atoms with E-state index in [1.165, 1.54) is 135 Å². The fourth-order valence-electron chi connectivity index (χ4n) is 7.75. The molecule has 0 bridgehead atoms. The van der Waals surface area contributed by atoms with E-state index in [0.717, 1.165) is 77.0 Å². The number of phosphoric ester groups is 1. The summed E-state index contributed by atoms with van der Waals surface area (Å²) in [6, 6.07) is 0. The van der Waals surface area contributed by atoms with Crippen molar-refractivity contribution in [3.05, 3.63) is 60.8 Å². The molecule has 0 aromatic carbocycles. The van der Waals surface area contributed by atoms with Gasteiger partial charge in [0.2, 0.25) is 0 Å². The summed E-state index contributed by atoms with van der Waals surface area (Å²) in [6.45, 7) is 4.34. The summed E-state index contributed by atoms with van der Waals surface area (Å²) in [5, 5.41) is 0. The van der Waals surface area contributed by atoms with Crippen LogP contribution in [0.5, 0.6) is 0 Å². The molecule has 68 heavy (non-hydrogen) atoms. The molecule has 0 aromatic heterocycles. The molecule has 1 N–H and O–H groups in total. The Kier molecular flexibility index (Phi) is 48.0. The first-order valence-electron chi connectivity index (χ1n) is 28.0. The Labute approximate surface area is 419 Å². The third kappa shape index (κ3) is 53.1. The molecule has 0 radical (unpaired) electrons. The summed E-state index contributed by atoms with van der Waals surface area (Å²) in [4.78, 5) is 35.7. The Balaban J connectivity index is 4.20. The van der Waals surface area contributed by atoms with E-state index in [1.54, 1.807) is 0 Å². The van der Waals surface area contributed by atoms with Crippen molar-refractivity contribution in [1.82, 2.24) is 0 Å². The number of carbonyl (C=O) groups excluding carboxylic acids is 2. The van der Waals surface area contributed by atoms with E-state index in [1.807, 2.05) is 21.1 Å². The third-order valence-electron chi connectivity index (χ3n) is 12.1. The van der Waals surface area contributed by atoms with Gasteiger partial charge in [0.15, 0.2) is 6.10 Å². The van der Waals surface area contributed by atoms with Gasteiger partial charge in [-0.05, 0) is 57.8 Å². The molecule has 0 aliphatic heterocycles. The van der Waals surface area contributed by atoms with Crippen molar-refractivity contribution in [2.45, 2.75) is 251 Å². The lowest BCUT2D eigenvalue weighted by Crippen LogP contribution is -2.37. The Hall–Kier alpha value is -2.29. The topological polar surface area (TPSA) is 108 Å². The van der Waals surface area contributed by atoms with Gasteiger partial charge in [-0.3, -0.25) is 18.6 Å². The van der Waals surface area contributed by atoms with Crippen LogP contribution in [0, 0.1) is 0 Å². The fourth-order valence-corrected chi connectivity index (χ4v) is 8.49. The van der Waals surface area contributed by atoms with Crippen molar-refractivity contribution in [1.29, 1.82) is 0 Å². The first-order valence-corrected chi connectivity index (χ1v) is 29.5. The minimum atomic E-state index is -4.39. The second kappa shape index (κ2) is 49.7. The smallest absolute Gasteiger partial charge is 0.462 e. The van der Waals surface area contributed by atoms with Gasteiger partial charge >= 0.3 is 19.8 Å². The molecule has 0 aliphatic carbocycles. The van der Waals surface area contributed by atoms with Gasteiger partial charge in [-0.2, -0.15) is 0 Å². The largest absolute Gasteiger partial charge is 0.472 e. The average Bonchev–Trinajstić information content (AvgIpc) is 3.30. The molecule has 2 atom stereocenters. The van der Waals surface area contributed by atoms with Crippen LogP contribution in [0.3, 0.4) is 0 Å². The number of rotatable bonds is 51. The van der Waals surface area contributed by atoms with Crippen LogP contribution in [0.1, 0.15) is 245 Å². The third-order valence-corrected chi connectivity index (χ3v) is 13.0. The normalized spacial score (nSPS) is 13.8. The van der Waals surface area contributed by atoms with Gasteiger partial charge in [0.1, 0.15) is 19.8 Å². The summed E-state index contributed by atoms with van der Waals surface area (Å²) in [5.41, 5.74) is 0. The number of hydrogen-bond donors (Lipinski definition) is 1. The molecule has 0 rings (SSSR count). The van der Waals surface area contributed by atoms with E-state index in [2.05, 4.69) is 74.6 Å². The molecule has 10 heteroatoms. The van der Waals surface area contributed by atoms with Crippen LogP contribution in [0.15, 0.2) is 60.8 Å². The molecule has 0 saturated heterocycles. The number of unbranched alkanes of at least 4 members (excludes halogenated alkanes) is 27. The second-order valence-corrected chi connectivity index (χ2v) is 21.4. The summed E-state index contributed by atoms with van der Waals surface area (Å²) < 4.78 is 34.5. The number of likely N-dealkylation sites (N-methyl/N-ethyl adjacent to an activating group) is 1. The van der Waals surface area contributed by atoms with Gasteiger partial charge in [0.25, 0.3) is 0 Å². The Morgan fingerprint density at radius 3 is 1.25 bits per heavy atom.